The van der Waals surface area contributed by atoms with Crippen LogP contribution in [0.4, 0.5) is 5.69 Å². The molecular formula is C17H19N3O2S. The average Bonchev–Trinajstić information content (AvgIpc) is 3.15. The van der Waals surface area contributed by atoms with Crippen molar-refractivity contribution in [2.45, 2.75) is 26.7 Å². The number of carbonyl (C=O) groups is 2. The highest BCUT2D eigenvalue weighted by Crippen LogP contribution is 2.30. The summed E-state index contributed by atoms with van der Waals surface area (Å²) in [6, 6.07) is 7.53. The Hall–Kier alpha value is -2.21. The van der Waals surface area contributed by atoms with E-state index >= 15 is 0 Å². The number of rotatable bonds is 3. The highest BCUT2D eigenvalue weighted by molar-refractivity contribution is 7.15. The van der Waals surface area contributed by atoms with E-state index in [1.54, 1.807) is 0 Å². The molecule has 1 N–H and O–H groups in total. The zero-order chi connectivity index (χ0) is 16.4. The van der Waals surface area contributed by atoms with E-state index in [1.165, 1.54) is 18.3 Å². The number of aromatic nitrogens is 1. The Bertz CT molecular complexity index is 748. The molecule has 0 unspecified atom stereocenters. The van der Waals surface area contributed by atoms with Crippen LogP contribution in [0, 0.1) is 6.92 Å². The number of amides is 2. The Balaban J connectivity index is 1.88. The van der Waals surface area contributed by atoms with Crippen molar-refractivity contribution in [2.75, 3.05) is 18.4 Å². The Kier molecular flexibility index (Phi) is 4.43. The van der Waals surface area contributed by atoms with Crippen molar-refractivity contribution < 1.29 is 9.59 Å². The second-order valence-corrected chi connectivity index (χ2v) is 6.89. The van der Waals surface area contributed by atoms with Crippen LogP contribution in [-0.2, 0) is 4.79 Å². The van der Waals surface area contributed by atoms with Gasteiger partial charge in [-0.15, -0.1) is 11.3 Å². The summed E-state index contributed by atoms with van der Waals surface area (Å²) >= 11 is 1.51. The van der Waals surface area contributed by atoms with Crippen molar-refractivity contribution >= 4 is 28.8 Å². The number of nitrogens with one attached hydrogen (secondary N) is 1. The fourth-order valence-electron chi connectivity index (χ4n) is 2.72. The molecule has 0 radical (unpaired) electrons. The molecule has 5 nitrogen and oxygen atoms in total. The predicted octanol–water partition coefficient (Wildman–Crippen LogP) is 3.31. The highest BCUT2D eigenvalue weighted by atomic mass is 32.1. The summed E-state index contributed by atoms with van der Waals surface area (Å²) in [5, 5.41) is 3.57. The van der Waals surface area contributed by atoms with Gasteiger partial charge >= 0.3 is 0 Å². The Labute approximate surface area is 139 Å². The van der Waals surface area contributed by atoms with Crippen LogP contribution in [0.25, 0.3) is 10.6 Å². The van der Waals surface area contributed by atoms with Crippen LogP contribution in [0.3, 0.4) is 0 Å². The molecule has 0 atom stereocenters. The molecule has 2 heterocycles. The third kappa shape index (κ3) is 3.42. The average molecular weight is 329 g/mol. The van der Waals surface area contributed by atoms with E-state index in [1.807, 2.05) is 36.1 Å². The lowest BCUT2D eigenvalue weighted by Gasteiger charge is -2.13. The molecule has 0 saturated carbocycles. The lowest BCUT2D eigenvalue weighted by atomic mass is 10.2. The first-order valence-corrected chi connectivity index (χ1v) is 8.51. The summed E-state index contributed by atoms with van der Waals surface area (Å²) in [4.78, 5) is 31.1. The molecule has 0 spiro atoms. The van der Waals surface area contributed by atoms with E-state index < -0.39 is 0 Å². The van der Waals surface area contributed by atoms with Crippen molar-refractivity contribution in [3.05, 3.63) is 34.8 Å². The third-order valence-electron chi connectivity index (χ3n) is 3.82. The van der Waals surface area contributed by atoms with Crippen LogP contribution < -0.4 is 5.32 Å². The first-order chi connectivity index (χ1) is 11.0. The van der Waals surface area contributed by atoms with Gasteiger partial charge < -0.3 is 10.2 Å². The molecule has 2 aromatic rings. The van der Waals surface area contributed by atoms with Gasteiger partial charge in [0.1, 0.15) is 10.7 Å². The lowest BCUT2D eigenvalue weighted by Crippen LogP contribution is -2.28. The predicted molar refractivity (Wildman–Crippen MR) is 91.7 cm³/mol. The van der Waals surface area contributed by atoms with Gasteiger partial charge in [-0.1, -0.05) is 12.1 Å². The van der Waals surface area contributed by atoms with Crippen LogP contribution in [0.5, 0.6) is 0 Å². The van der Waals surface area contributed by atoms with Gasteiger partial charge in [0.2, 0.25) is 5.91 Å². The van der Waals surface area contributed by atoms with Gasteiger partial charge in [-0.2, -0.15) is 0 Å². The SMILES string of the molecule is CC(=O)Nc1cccc(-c2nc(C(=O)N3CCCC3)c(C)s2)c1. The van der Waals surface area contributed by atoms with Gasteiger partial charge in [-0.05, 0) is 31.9 Å². The zero-order valence-corrected chi connectivity index (χ0v) is 14.1. The van der Waals surface area contributed by atoms with E-state index in [0.29, 0.717) is 5.69 Å². The second-order valence-electron chi connectivity index (χ2n) is 5.69. The standard InChI is InChI=1S/C17H19N3O2S/c1-11-15(17(22)20-8-3-4-9-20)19-16(23-11)13-6-5-7-14(10-13)18-12(2)21/h5-7,10H,3-4,8-9H2,1-2H3,(H,18,21). The molecule has 1 fully saturated rings. The number of anilines is 1. The summed E-state index contributed by atoms with van der Waals surface area (Å²) in [6.45, 7) is 5.06. The van der Waals surface area contributed by atoms with Gasteiger partial charge in [0.15, 0.2) is 0 Å². The van der Waals surface area contributed by atoms with Crippen LogP contribution >= 0.6 is 11.3 Å². The van der Waals surface area contributed by atoms with Crippen LogP contribution in [0.15, 0.2) is 24.3 Å². The third-order valence-corrected chi connectivity index (χ3v) is 4.84. The molecule has 1 aliphatic heterocycles. The minimum Gasteiger partial charge on any atom is -0.337 e. The first kappa shape index (κ1) is 15.7. The van der Waals surface area contributed by atoms with E-state index in [-0.39, 0.29) is 11.8 Å². The van der Waals surface area contributed by atoms with Crippen LogP contribution in [0.1, 0.15) is 35.1 Å². The quantitative estimate of drug-likeness (QED) is 0.939. The molecule has 1 aromatic heterocycles. The van der Waals surface area contributed by atoms with Crippen molar-refractivity contribution in [1.29, 1.82) is 0 Å². The fourth-order valence-corrected chi connectivity index (χ4v) is 3.62. The number of hydrogen-bond donors (Lipinski definition) is 1. The summed E-state index contributed by atoms with van der Waals surface area (Å²) in [7, 11) is 0. The number of thiazole rings is 1. The smallest absolute Gasteiger partial charge is 0.273 e. The number of likely N-dealkylation sites (tertiary alicyclic amines) is 1. The summed E-state index contributed by atoms with van der Waals surface area (Å²) in [6.07, 6.45) is 2.14. The van der Waals surface area contributed by atoms with Crippen molar-refractivity contribution in [3.63, 3.8) is 0 Å². The molecule has 1 aromatic carbocycles. The molecule has 6 heteroatoms. The van der Waals surface area contributed by atoms with Crippen molar-refractivity contribution in [1.82, 2.24) is 9.88 Å². The molecule has 0 aliphatic carbocycles. The van der Waals surface area contributed by atoms with Gasteiger partial charge in [-0.25, -0.2) is 4.98 Å². The summed E-state index contributed by atoms with van der Waals surface area (Å²) in [5.41, 5.74) is 2.19. The molecule has 2 amide bonds. The highest BCUT2D eigenvalue weighted by Gasteiger charge is 2.24. The largest absolute Gasteiger partial charge is 0.337 e. The molecule has 23 heavy (non-hydrogen) atoms. The molecule has 3 rings (SSSR count). The fraction of sp³-hybridized carbons (Fsp3) is 0.353. The Morgan fingerprint density at radius 1 is 1.26 bits per heavy atom. The van der Waals surface area contributed by atoms with E-state index in [0.717, 1.165) is 47.1 Å². The second kappa shape index (κ2) is 6.50. The summed E-state index contributed by atoms with van der Waals surface area (Å²) < 4.78 is 0. The first-order valence-electron chi connectivity index (χ1n) is 7.69. The van der Waals surface area contributed by atoms with Gasteiger partial charge in [-0.3, -0.25) is 9.59 Å². The minimum atomic E-state index is -0.109. The van der Waals surface area contributed by atoms with Gasteiger partial charge in [0, 0.05) is 36.1 Å². The molecule has 1 saturated heterocycles. The number of hydrogen-bond acceptors (Lipinski definition) is 4. The lowest BCUT2D eigenvalue weighted by molar-refractivity contribution is -0.114. The zero-order valence-electron chi connectivity index (χ0n) is 13.3. The maximum atomic E-state index is 12.5. The Morgan fingerprint density at radius 2 is 2.00 bits per heavy atom. The van der Waals surface area contributed by atoms with E-state index in [9.17, 15) is 9.59 Å². The Morgan fingerprint density at radius 3 is 2.70 bits per heavy atom. The maximum Gasteiger partial charge on any atom is 0.273 e. The number of benzene rings is 1. The van der Waals surface area contributed by atoms with E-state index in [4.69, 9.17) is 0 Å². The summed E-state index contributed by atoms with van der Waals surface area (Å²) in [5.74, 6) is -0.0807. The maximum absolute atomic E-state index is 12.5. The van der Waals surface area contributed by atoms with E-state index in [2.05, 4.69) is 10.3 Å². The molecule has 0 bridgehead atoms. The van der Waals surface area contributed by atoms with Crippen LogP contribution in [0.2, 0.25) is 0 Å². The van der Waals surface area contributed by atoms with Crippen molar-refractivity contribution in [3.8, 4) is 10.6 Å². The molecule has 1 aliphatic rings. The topological polar surface area (TPSA) is 62.3 Å². The number of nitrogens with zero attached hydrogens (tertiary/aromatic N) is 2. The molecule has 120 valence electrons. The number of aryl methyl sites for hydroxylation is 1. The van der Waals surface area contributed by atoms with Crippen molar-refractivity contribution in [2.24, 2.45) is 0 Å². The monoisotopic (exact) mass is 329 g/mol. The van der Waals surface area contributed by atoms with Gasteiger partial charge in [0.25, 0.3) is 5.91 Å². The minimum absolute atomic E-state index is 0.0283. The number of carbonyl (C=O) groups excluding carboxylic acids is 2. The normalized spacial score (nSPS) is 14.1. The molecular weight excluding hydrogens is 310 g/mol. The van der Waals surface area contributed by atoms with Crippen LogP contribution in [-0.4, -0.2) is 34.8 Å². The van der Waals surface area contributed by atoms with Gasteiger partial charge in [0.05, 0.1) is 0 Å².